The summed E-state index contributed by atoms with van der Waals surface area (Å²) in [6, 6.07) is 16.8. The molecule has 5 N–H and O–H groups in total. The van der Waals surface area contributed by atoms with Crippen LogP contribution in [0.25, 0.3) is 10.9 Å². The van der Waals surface area contributed by atoms with Gasteiger partial charge in [0.05, 0.1) is 30.0 Å². The molecule has 1 aromatic heterocycles. The van der Waals surface area contributed by atoms with Crippen LogP contribution in [0.5, 0.6) is 0 Å². The Kier molecular flexibility index (Phi) is 10.4. The Morgan fingerprint density at radius 1 is 0.956 bits per heavy atom. The molecule has 4 amide bonds. The fourth-order valence-corrected chi connectivity index (χ4v) is 6.20. The number of aliphatic hydroxyl groups is 1. The van der Waals surface area contributed by atoms with E-state index < -0.39 is 30.1 Å². The predicted octanol–water partition coefficient (Wildman–Crippen LogP) is 0.661. The van der Waals surface area contributed by atoms with Gasteiger partial charge < -0.3 is 31.3 Å². The number of fused-ring (bicyclic) bond motifs is 1. The Labute approximate surface area is 262 Å². The van der Waals surface area contributed by atoms with Crippen LogP contribution in [0.1, 0.15) is 24.8 Å². The number of likely N-dealkylation sites (N-methyl/N-ethyl adjacent to an activating group) is 2. The maximum absolute atomic E-state index is 14.0. The van der Waals surface area contributed by atoms with Crippen LogP contribution >= 0.6 is 0 Å². The van der Waals surface area contributed by atoms with E-state index >= 15 is 0 Å². The molecule has 0 aliphatic carbocycles. The minimum absolute atomic E-state index is 0.116. The highest BCUT2D eigenvalue weighted by Crippen LogP contribution is 2.26. The molecule has 5 rings (SSSR count). The minimum Gasteiger partial charge on any atom is -0.383 e. The Hall–Kier alpha value is -4.39. The van der Waals surface area contributed by atoms with Crippen LogP contribution in [0.3, 0.4) is 0 Å². The number of hydrogen-bond donors (Lipinski definition) is 5. The molecule has 45 heavy (non-hydrogen) atoms. The molecule has 0 saturated carbocycles. The monoisotopic (exact) mass is 615 g/mol. The van der Waals surface area contributed by atoms with Crippen molar-refractivity contribution in [1.82, 2.24) is 30.7 Å². The lowest BCUT2D eigenvalue weighted by atomic mass is 10.1. The van der Waals surface area contributed by atoms with Crippen molar-refractivity contribution >= 4 is 40.2 Å². The number of nitrogens with one attached hydrogen (secondary N) is 4. The lowest BCUT2D eigenvalue weighted by Gasteiger charge is -2.29. The second-order valence-electron chi connectivity index (χ2n) is 11.9. The lowest BCUT2D eigenvalue weighted by Crippen LogP contribution is -2.50. The third-order valence-electron chi connectivity index (χ3n) is 8.48. The normalized spacial score (nSPS) is 22.2. The van der Waals surface area contributed by atoms with Gasteiger partial charge in [0.1, 0.15) is 12.1 Å². The van der Waals surface area contributed by atoms with Gasteiger partial charge in [-0.05, 0) is 57.5 Å². The lowest BCUT2D eigenvalue weighted by molar-refractivity contribution is -0.140. The van der Waals surface area contributed by atoms with Gasteiger partial charge in [-0.25, -0.2) is 0 Å². The fraction of sp³-hybridized carbons (Fsp3) is 0.424. The zero-order valence-electron chi connectivity index (χ0n) is 25.6. The zero-order valence-corrected chi connectivity index (χ0v) is 25.6. The van der Waals surface area contributed by atoms with Gasteiger partial charge in [0, 0.05) is 30.6 Å². The second-order valence-corrected chi connectivity index (χ2v) is 11.9. The summed E-state index contributed by atoms with van der Waals surface area (Å²) in [5, 5.41) is 23.0. The average molecular weight is 616 g/mol. The smallest absolute Gasteiger partial charge is 0.249 e. The highest BCUT2D eigenvalue weighted by Gasteiger charge is 2.45. The fourth-order valence-electron chi connectivity index (χ4n) is 6.20. The molecule has 12 nitrogen and oxygen atoms in total. The molecule has 12 heteroatoms. The molecule has 3 heterocycles. The van der Waals surface area contributed by atoms with E-state index in [1.807, 2.05) is 72.6 Å². The molecule has 0 bridgehead atoms. The highest BCUT2D eigenvalue weighted by molar-refractivity contribution is 5.99. The Morgan fingerprint density at radius 2 is 1.67 bits per heavy atom. The van der Waals surface area contributed by atoms with Crippen molar-refractivity contribution in [3.8, 4) is 0 Å². The van der Waals surface area contributed by atoms with Crippen molar-refractivity contribution in [2.24, 2.45) is 0 Å². The van der Waals surface area contributed by atoms with E-state index in [9.17, 15) is 24.3 Å². The summed E-state index contributed by atoms with van der Waals surface area (Å²) in [6.45, 7) is 0.785. The first-order valence-corrected chi connectivity index (χ1v) is 15.3. The van der Waals surface area contributed by atoms with Gasteiger partial charge in [-0.1, -0.05) is 48.5 Å². The van der Waals surface area contributed by atoms with Crippen molar-refractivity contribution in [3.05, 3.63) is 72.4 Å². The Morgan fingerprint density at radius 3 is 2.44 bits per heavy atom. The van der Waals surface area contributed by atoms with Crippen LogP contribution in [0.2, 0.25) is 0 Å². The molecule has 2 aliphatic heterocycles. The Balaban J connectivity index is 1.28. The molecular formula is C33H41N7O5. The maximum Gasteiger partial charge on any atom is 0.249 e. The number of para-hydroxylation sites is 1. The quantitative estimate of drug-likeness (QED) is 0.211. The molecule has 2 fully saturated rings. The van der Waals surface area contributed by atoms with Gasteiger partial charge in [-0.15, -0.1) is 0 Å². The highest BCUT2D eigenvalue weighted by atomic mass is 16.3. The number of nitrogens with zero attached hydrogens (tertiary/aromatic N) is 3. The molecule has 5 unspecified atom stereocenters. The first kappa shape index (κ1) is 32.0. The first-order valence-electron chi connectivity index (χ1n) is 15.3. The number of aryl methyl sites for hydroxylation is 1. The van der Waals surface area contributed by atoms with Crippen molar-refractivity contribution in [3.63, 3.8) is 0 Å². The number of rotatable bonds is 11. The van der Waals surface area contributed by atoms with Crippen molar-refractivity contribution in [2.75, 3.05) is 39.0 Å². The molecular weight excluding hydrogens is 574 g/mol. The van der Waals surface area contributed by atoms with Gasteiger partial charge in [0.25, 0.3) is 0 Å². The van der Waals surface area contributed by atoms with E-state index in [0.717, 1.165) is 16.5 Å². The molecule has 238 valence electrons. The van der Waals surface area contributed by atoms with Crippen LogP contribution < -0.4 is 21.3 Å². The number of carbonyl (C=O) groups excluding carboxylic acids is 4. The summed E-state index contributed by atoms with van der Waals surface area (Å²) >= 11 is 0. The summed E-state index contributed by atoms with van der Waals surface area (Å²) in [5.74, 6) is -1.32. The summed E-state index contributed by atoms with van der Waals surface area (Å²) in [7, 11) is 3.51. The number of benzene rings is 2. The summed E-state index contributed by atoms with van der Waals surface area (Å²) in [4.78, 5) is 60.6. The number of amides is 4. The van der Waals surface area contributed by atoms with E-state index in [0.29, 0.717) is 25.1 Å². The molecule has 3 aromatic rings. The third-order valence-corrected chi connectivity index (χ3v) is 8.48. The zero-order chi connectivity index (χ0) is 31.9. The van der Waals surface area contributed by atoms with E-state index in [-0.39, 0.29) is 49.7 Å². The van der Waals surface area contributed by atoms with Crippen LogP contribution in [-0.4, -0.2) is 108 Å². The van der Waals surface area contributed by atoms with Gasteiger partial charge in [0.2, 0.25) is 23.6 Å². The molecule has 0 radical (unpaired) electrons. The number of likely N-dealkylation sites (tertiary alicyclic amines) is 2. The van der Waals surface area contributed by atoms with Gasteiger partial charge in [-0.3, -0.25) is 29.1 Å². The van der Waals surface area contributed by atoms with E-state index in [1.54, 1.807) is 13.2 Å². The summed E-state index contributed by atoms with van der Waals surface area (Å²) in [6.07, 6.45) is 1.72. The van der Waals surface area contributed by atoms with Gasteiger partial charge in [0.15, 0.2) is 0 Å². The largest absolute Gasteiger partial charge is 0.383 e. The molecule has 2 saturated heterocycles. The predicted molar refractivity (Wildman–Crippen MR) is 170 cm³/mol. The van der Waals surface area contributed by atoms with Crippen molar-refractivity contribution in [1.29, 1.82) is 0 Å². The topological polar surface area (TPSA) is 156 Å². The molecule has 5 atom stereocenters. The number of carbonyl (C=O) groups is 4. The number of pyridine rings is 1. The second kappa shape index (κ2) is 14.6. The molecule has 2 aromatic carbocycles. The number of aromatic nitrogens is 1. The first-order chi connectivity index (χ1) is 21.7. The minimum atomic E-state index is -1.23. The average Bonchev–Trinajstić information content (AvgIpc) is 3.63. The van der Waals surface area contributed by atoms with E-state index in [2.05, 4.69) is 26.3 Å². The standard InChI is InChI=1S/C33H41N7O5/c1-34-18-30(42)36-24-16-28(39(2)19-24)33(45)40-20-25(38-32(44)29(41)13-12-21-8-4-3-5-9-21)15-27(40)31(43)37-23-14-22-10-6-7-11-26(22)35-17-23/h3-11,14,17,24-25,27-29,34,41H,12-13,15-16,18-20H2,1-2H3,(H,36,42)(H,37,43)(H,38,44). The van der Waals surface area contributed by atoms with Gasteiger partial charge >= 0.3 is 0 Å². The maximum atomic E-state index is 14.0. The van der Waals surface area contributed by atoms with Crippen LogP contribution in [0, 0.1) is 0 Å². The molecule has 2 aliphatic rings. The van der Waals surface area contributed by atoms with Crippen LogP contribution in [-0.2, 0) is 25.6 Å². The van der Waals surface area contributed by atoms with E-state index in [4.69, 9.17) is 0 Å². The van der Waals surface area contributed by atoms with Gasteiger partial charge in [-0.2, -0.15) is 0 Å². The van der Waals surface area contributed by atoms with Crippen LogP contribution in [0.4, 0.5) is 5.69 Å². The summed E-state index contributed by atoms with van der Waals surface area (Å²) in [5.41, 5.74) is 2.31. The Bertz CT molecular complexity index is 1520. The SMILES string of the molecule is CNCC(=O)NC1CC(C(=O)N2CC(NC(=O)C(O)CCc3ccccc3)CC2C(=O)Nc2cnc3ccccc3c2)N(C)C1. The summed E-state index contributed by atoms with van der Waals surface area (Å²) < 4.78 is 0. The van der Waals surface area contributed by atoms with Crippen molar-refractivity contribution < 1.29 is 24.3 Å². The van der Waals surface area contributed by atoms with Crippen LogP contribution in [0.15, 0.2) is 66.9 Å². The number of aliphatic hydroxyl groups excluding tert-OH is 1. The number of anilines is 1. The number of hydrogen-bond acceptors (Lipinski definition) is 8. The van der Waals surface area contributed by atoms with Crippen molar-refractivity contribution in [2.45, 2.75) is 56.0 Å². The van der Waals surface area contributed by atoms with E-state index in [1.165, 1.54) is 4.90 Å². The molecule has 0 spiro atoms. The third kappa shape index (κ3) is 8.01.